The topological polar surface area (TPSA) is 67.8 Å². The van der Waals surface area contributed by atoms with Gasteiger partial charge in [-0.3, -0.25) is 0 Å². The van der Waals surface area contributed by atoms with E-state index in [9.17, 15) is 4.89 Å². The molecular weight excluding hydrogens is 147 g/mol. The van der Waals surface area contributed by atoms with Gasteiger partial charge in [-0.15, -0.1) is 0 Å². The van der Waals surface area contributed by atoms with Crippen molar-refractivity contribution in [3.8, 4) is 0 Å². The van der Waals surface area contributed by atoms with Gasteiger partial charge >= 0.3 is 51.4 Å². The van der Waals surface area contributed by atoms with Gasteiger partial charge in [0.2, 0.25) is 0 Å². The second kappa shape index (κ2) is 1.85. The molecule has 0 bridgehead atoms. The van der Waals surface area contributed by atoms with Gasteiger partial charge in [-0.25, -0.2) is 0 Å². The molecule has 1 rings (SSSR count). The van der Waals surface area contributed by atoms with Gasteiger partial charge in [-0.1, -0.05) is 0 Å². The van der Waals surface area contributed by atoms with Crippen molar-refractivity contribution < 1.29 is 23.4 Å². The van der Waals surface area contributed by atoms with Crippen LogP contribution in [0, 0.1) is 0 Å². The molecule has 0 aromatic heterocycles. The van der Waals surface area contributed by atoms with E-state index < -0.39 is 7.74 Å². The molecule has 0 amide bonds. The van der Waals surface area contributed by atoms with Gasteiger partial charge in [0.1, 0.15) is 0 Å². The Morgan fingerprint density at radius 3 is 2.22 bits per heavy atom. The van der Waals surface area contributed by atoms with Gasteiger partial charge in [0.15, 0.2) is 0 Å². The summed E-state index contributed by atoms with van der Waals surface area (Å²) in [5, 5.41) is 0. The van der Waals surface area contributed by atoms with Crippen molar-refractivity contribution in [3.05, 3.63) is 0 Å². The molecule has 6 heteroatoms. The van der Waals surface area contributed by atoms with Crippen molar-refractivity contribution in [2.45, 2.75) is 0 Å². The van der Waals surface area contributed by atoms with Crippen LogP contribution in [-0.2, 0) is 18.5 Å². The Balaban J connectivity index is 2.68. The predicted octanol–water partition coefficient (Wildman–Crippen LogP) is -0.0370. The van der Waals surface area contributed by atoms with Crippen LogP contribution in [0.2, 0.25) is 0 Å². The van der Waals surface area contributed by atoms with Gasteiger partial charge < -0.3 is 0 Å². The first-order valence-corrected chi connectivity index (χ1v) is 4.61. The monoisotopic (exact) mass is 156 g/mol. The molecule has 1 N–H and O–H groups in total. The molecule has 0 aliphatic carbocycles. The normalized spacial score (nSPS) is 35.2. The van der Waals surface area contributed by atoms with E-state index in [-0.39, 0.29) is 13.2 Å². The second-order valence-electron chi connectivity index (χ2n) is 1.77. The van der Waals surface area contributed by atoms with Crippen LogP contribution in [0.5, 0.6) is 0 Å². The average Bonchev–Trinajstić information content (AvgIpc) is 2.14. The molecule has 0 aromatic carbocycles. The van der Waals surface area contributed by atoms with Crippen LogP contribution in [0.15, 0.2) is 0 Å². The Kier molecular flexibility index (Phi) is 1.51. The van der Waals surface area contributed by atoms with Gasteiger partial charge in [0.25, 0.3) is 0 Å². The fourth-order valence-corrected chi connectivity index (χ4v) is 1.75. The van der Waals surface area contributed by atoms with Crippen molar-refractivity contribution >= 4 is 7.74 Å². The summed E-state index contributed by atoms with van der Waals surface area (Å²) in [6.07, 6.45) is 0. The van der Waals surface area contributed by atoms with Gasteiger partial charge in [-0.05, 0) is 0 Å². The van der Waals surface area contributed by atoms with Crippen LogP contribution < -0.4 is 0 Å². The van der Waals surface area contributed by atoms with Crippen molar-refractivity contribution in [1.82, 2.24) is 0 Å². The van der Waals surface area contributed by atoms with Gasteiger partial charge in [0.05, 0.1) is 0 Å². The first-order valence-electron chi connectivity index (χ1n) is 2.53. The summed E-state index contributed by atoms with van der Waals surface area (Å²) in [5.74, 6) is 0. The van der Waals surface area contributed by atoms with Crippen molar-refractivity contribution in [2.75, 3.05) is 20.3 Å². The fourth-order valence-electron chi connectivity index (χ4n) is 0.584. The summed E-state index contributed by atoms with van der Waals surface area (Å²) in [5.41, 5.74) is 0. The van der Waals surface area contributed by atoms with Crippen LogP contribution in [-0.4, -0.2) is 25.2 Å². The second-order valence-corrected chi connectivity index (χ2v) is 4.48. The molecule has 1 saturated heterocycles. The minimum absolute atomic E-state index is 0.113. The number of rotatable bonds is 1. The molecule has 56 valence electrons. The Bertz CT molecular complexity index is 113. The Morgan fingerprint density at radius 2 is 2.00 bits per heavy atom. The molecule has 0 aromatic rings. The zero-order valence-corrected chi connectivity index (χ0v) is 5.99. The quantitative estimate of drug-likeness (QED) is 0.427. The minimum atomic E-state index is -5.00. The number of hydrogen-bond acceptors (Lipinski definition) is 4. The van der Waals surface area contributed by atoms with Crippen molar-refractivity contribution in [1.29, 1.82) is 0 Å². The zero-order valence-electron chi connectivity index (χ0n) is 4.99. The maximum absolute atomic E-state index is 10.9. The van der Waals surface area contributed by atoms with E-state index in [1.54, 1.807) is 0 Å². The molecule has 0 spiro atoms. The van der Waals surface area contributed by atoms with E-state index in [0.29, 0.717) is 0 Å². The summed E-state index contributed by atoms with van der Waals surface area (Å²) in [6.45, 7) is 0.225. The van der Waals surface area contributed by atoms with E-state index in [0.717, 1.165) is 7.11 Å². The zero-order chi connectivity index (χ0) is 6.98. The number of hydrogen-bond donors (Lipinski definition) is 1. The van der Waals surface area contributed by atoms with Crippen LogP contribution in [0.4, 0.5) is 0 Å². The Morgan fingerprint density at radius 1 is 1.56 bits per heavy atom. The van der Waals surface area contributed by atoms with E-state index in [4.69, 9.17) is 4.89 Å². The van der Waals surface area contributed by atoms with Crippen molar-refractivity contribution in [3.63, 3.8) is 0 Å². The maximum atomic E-state index is 10.9. The summed E-state index contributed by atoms with van der Waals surface area (Å²) in [4.78, 5) is 19.8. The van der Waals surface area contributed by atoms with E-state index in [1.807, 2.05) is 0 Å². The van der Waals surface area contributed by atoms with Crippen molar-refractivity contribution in [2.24, 2.45) is 0 Å². The molecule has 0 unspecified atom stereocenters. The SMILES string of the molecule is CO[PH-]1([O+])(O)OCCO1. The fraction of sp³-hybridized carbons (Fsp3) is 1.00. The molecule has 0 atom stereocenters. The molecule has 1 aliphatic heterocycles. The molecule has 1 heterocycles. The molecule has 2 radical (unpaired) electrons. The standard InChI is InChI=1S/C3H9O5P/c1-6-9(4,5)7-2-3-8-9/h4,9H,2-3H2,1H3. The molecule has 1 aliphatic rings. The molecule has 1 fully saturated rings. The third-order valence-electron chi connectivity index (χ3n) is 1.11. The van der Waals surface area contributed by atoms with E-state index in [1.165, 1.54) is 0 Å². The Labute approximate surface area is 52.5 Å². The van der Waals surface area contributed by atoms with Crippen LogP contribution in [0.25, 0.3) is 0 Å². The molecule has 0 saturated carbocycles. The predicted molar refractivity (Wildman–Crippen MR) is 30.1 cm³/mol. The summed E-state index contributed by atoms with van der Waals surface area (Å²) < 4.78 is 13.0. The summed E-state index contributed by atoms with van der Waals surface area (Å²) >= 11 is 0. The van der Waals surface area contributed by atoms with Gasteiger partial charge in [-0.2, -0.15) is 0 Å². The van der Waals surface area contributed by atoms with Crippen LogP contribution in [0.1, 0.15) is 0 Å². The first-order chi connectivity index (χ1) is 4.05. The van der Waals surface area contributed by atoms with Crippen LogP contribution >= 0.6 is 7.74 Å². The summed E-state index contributed by atoms with van der Waals surface area (Å²) in [6, 6.07) is 0. The van der Waals surface area contributed by atoms with Crippen LogP contribution in [0.3, 0.4) is 0 Å². The third kappa shape index (κ3) is 1.38. The molecular formula is C3H9O5P. The third-order valence-corrected chi connectivity index (χ3v) is 3.17. The Hall–Kier alpha value is 0.230. The average molecular weight is 156 g/mol. The summed E-state index contributed by atoms with van der Waals surface area (Å²) in [7, 11) is -3.92. The van der Waals surface area contributed by atoms with E-state index in [2.05, 4.69) is 13.6 Å². The van der Waals surface area contributed by atoms with E-state index >= 15 is 0 Å². The first kappa shape index (κ1) is 7.34. The molecule has 9 heavy (non-hydrogen) atoms. The molecule has 5 nitrogen and oxygen atoms in total. The van der Waals surface area contributed by atoms with Gasteiger partial charge in [0, 0.05) is 0 Å².